The number of carbonyl (C=O) groups is 2. The SMILES string of the molecule is CC(=O)c1cccc(NC(=O)c2cc(NCCc3ccc(F)cc3)nc(C)n2)c1. The number of hydrogen-bond donors (Lipinski definition) is 2. The van der Waals surface area contributed by atoms with E-state index in [1.54, 1.807) is 49.4 Å². The summed E-state index contributed by atoms with van der Waals surface area (Å²) in [6, 6.07) is 14.6. The second kappa shape index (κ2) is 9.05. The van der Waals surface area contributed by atoms with Crippen molar-refractivity contribution in [1.82, 2.24) is 9.97 Å². The van der Waals surface area contributed by atoms with Gasteiger partial charge in [0.05, 0.1) is 0 Å². The molecule has 0 atom stereocenters. The van der Waals surface area contributed by atoms with E-state index in [4.69, 9.17) is 0 Å². The summed E-state index contributed by atoms with van der Waals surface area (Å²) in [4.78, 5) is 32.6. The van der Waals surface area contributed by atoms with Crippen LogP contribution in [0.2, 0.25) is 0 Å². The van der Waals surface area contributed by atoms with E-state index in [9.17, 15) is 14.0 Å². The Bertz CT molecular complexity index is 1040. The van der Waals surface area contributed by atoms with Gasteiger partial charge in [0.15, 0.2) is 5.78 Å². The molecule has 1 amide bonds. The summed E-state index contributed by atoms with van der Waals surface area (Å²) in [5, 5.41) is 5.91. The van der Waals surface area contributed by atoms with Crippen molar-refractivity contribution in [3.8, 4) is 0 Å². The molecule has 0 fully saturated rings. The number of carbonyl (C=O) groups excluding carboxylic acids is 2. The summed E-state index contributed by atoms with van der Waals surface area (Å²) in [7, 11) is 0. The van der Waals surface area contributed by atoms with E-state index in [1.165, 1.54) is 19.1 Å². The van der Waals surface area contributed by atoms with Crippen LogP contribution < -0.4 is 10.6 Å². The molecule has 2 N–H and O–H groups in total. The number of nitrogens with zero attached hydrogens (tertiary/aromatic N) is 2. The number of benzene rings is 2. The molecule has 0 radical (unpaired) electrons. The summed E-state index contributed by atoms with van der Waals surface area (Å²) in [5.41, 5.74) is 2.25. The number of hydrogen-bond acceptors (Lipinski definition) is 5. The average molecular weight is 392 g/mol. The Morgan fingerprint density at radius 2 is 1.79 bits per heavy atom. The largest absolute Gasteiger partial charge is 0.370 e. The molecular weight excluding hydrogens is 371 g/mol. The lowest BCUT2D eigenvalue weighted by molar-refractivity contribution is 0.100. The third-order valence-electron chi connectivity index (χ3n) is 4.23. The summed E-state index contributed by atoms with van der Waals surface area (Å²) < 4.78 is 13.0. The molecule has 3 rings (SSSR count). The van der Waals surface area contributed by atoms with Crippen LogP contribution in [-0.2, 0) is 6.42 Å². The van der Waals surface area contributed by atoms with Crippen molar-refractivity contribution < 1.29 is 14.0 Å². The monoisotopic (exact) mass is 392 g/mol. The fraction of sp³-hybridized carbons (Fsp3) is 0.182. The van der Waals surface area contributed by atoms with E-state index in [0.717, 1.165) is 5.56 Å². The minimum Gasteiger partial charge on any atom is -0.370 e. The maximum absolute atomic E-state index is 13.0. The van der Waals surface area contributed by atoms with Crippen molar-refractivity contribution in [2.45, 2.75) is 20.3 Å². The Morgan fingerprint density at radius 3 is 2.52 bits per heavy atom. The van der Waals surface area contributed by atoms with Gasteiger partial charge in [0.1, 0.15) is 23.2 Å². The third-order valence-corrected chi connectivity index (χ3v) is 4.23. The van der Waals surface area contributed by atoms with E-state index in [1.807, 2.05) is 0 Å². The van der Waals surface area contributed by atoms with Crippen molar-refractivity contribution >= 4 is 23.2 Å². The summed E-state index contributed by atoms with van der Waals surface area (Å²) >= 11 is 0. The Labute approximate surface area is 168 Å². The number of aryl methyl sites for hydroxylation is 1. The van der Waals surface area contributed by atoms with Gasteiger partial charge < -0.3 is 10.6 Å². The van der Waals surface area contributed by atoms with Crippen LogP contribution in [0, 0.1) is 12.7 Å². The van der Waals surface area contributed by atoms with Gasteiger partial charge in [0.2, 0.25) is 0 Å². The normalized spacial score (nSPS) is 10.4. The highest BCUT2D eigenvalue weighted by molar-refractivity contribution is 6.04. The van der Waals surface area contributed by atoms with Crippen molar-refractivity contribution in [3.63, 3.8) is 0 Å². The molecule has 3 aromatic rings. The molecular formula is C22H21FN4O2. The molecule has 1 aromatic heterocycles. The van der Waals surface area contributed by atoms with Crippen molar-refractivity contribution in [3.05, 3.63) is 83.1 Å². The lowest BCUT2D eigenvalue weighted by Crippen LogP contribution is -2.16. The van der Waals surface area contributed by atoms with Gasteiger partial charge in [0, 0.05) is 23.9 Å². The lowest BCUT2D eigenvalue weighted by Gasteiger charge is -2.10. The fourth-order valence-electron chi connectivity index (χ4n) is 2.77. The minimum atomic E-state index is -0.391. The van der Waals surface area contributed by atoms with Crippen molar-refractivity contribution in [1.29, 1.82) is 0 Å². The van der Waals surface area contributed by atoms with Crippen LogP contribution in [-0.4, -0.2) is 28.2 Å². The Kier molecular flexibility index (Phi) is 6.29. The molecule has 29 heavy (non-hydrogen) atoms. The van der Waals surface area contributed by atoms with Crippen LogP contribution in [0.1, 0.15) is 39.2 Å². The number of aromatic nitrogens is 2. The molecule has 0 unspecified atom stereocenters. The first-order valence-corrected chi connectivity index (χ1v) is 9.17. The second-order valence-corrected chi connectivity index (χ2v) is 6.58. The first-order chi connectivity index (χ1) is 13.9. The standard InChI is InChI=1S/C22H21FN4O2/c1-14(28)17-4-3-5-19(12-17)27-22(29)20-13-21(26-15(2)25-20)24-11-10-16-6-8-18(23)9-7-16/h3-9,12-13H,10-11H2,1-2H3,(H,27,29)(H,24,25,26). The average Bonchev–Trinajstić information content (AvgIpc) is 2.69. The van der Waals surface area contributed by atoms with Crippen molar-refractivity contribution in [2.75, 3.05) is 17.2 Å². The number of ketones is 1. The lowest BCUT2D eigenvalue weighted by atomic mass is 10.1. The molecule has 148 valence electrons. The van der Waals surface area contributed by atoms with Gasteiger partial charge in [-0.3, -0.25) is 9.59 Å². The predicted octanol–water partition coefficient (Wildman–Crippen LogP) is 4.03. The topological polar surface area (TPSA) is 84.0 Å². The zero-order chi connectivity index (χ0) is 20.8. The first kappa shape index (κ1) is 20.1. The molecule has 0 aliphatic heterocycles. The van der Waals surface area contributed by atoms with E-state index < -0.39 is 5.91 Å². The number of halogens is 1. The molecule has 6 nitrogen and oxygen atoms in total. The van der Waals surface area contributed by atoms with Gasteiger partial charge in [-0.05, 0) is 50.1 Å². The molecule has 7 heteroatoms. The molecule has 0 saturated carbocycles. The van der Waals surface area contributed by atoms with Gasteiger partial charge in [-0.1, -0.05) is 24.3 Å². The number of anilines is 2. The molecule has 1 heterocycles. The smallest absolute Gasteiger partial charge is 0.274 e. The number of Topliss-reactive ketones (excluding diaryl/α,β-unsaturated/α-hetero) is 1. The van der Waals surface area contributed by atoms with E-state index in [0.29, 0.717) is 35.9 Å². The van der Waals surface area contributed by atoms with E-state index in [2.05, 4.69) is 20.6 Å². The van der Waals surface area contributed by atoms with E-state index >= 15 is 0 Å². The zero-order valence-electron chi connectivity index (χ0n) is 16.2. The first-order valence-electron chi connectivity index (χ1n) is 9.17. The van der Waals surface area contributed by atoms with Crippen LogP contribution in [0.15, 0.2) is 54.6 Å². The highest BCUT2D eigenvalue weighted by atomic mass is 19.1. The fourth-order valence-corrected chi connectivity index (χ4v) is 2.77. The maximum Gasteiger partial charge on any atom is 0.274 e. The van der Waals surface area contributed by atoms with Crippen molar-refractivity contribution in [2.24, 2.45) is 0 Å². The summed E-state index contributed by atoms with van der Waals surface area (Å²) in [6.45, 7) is 3.75. The minimum absolute atomic E-state index is 0.0772. The third kappa shape index (κ3) is 5.68. The van der Waals surface area contributed by atoms with E-state index in [-0.39, 0.29) is 17.3 Å². The molecule has 0 aliphatic carbocycles. The van der Waals surface area contributed by atoms with Crippen LogP contribution in [0.4, 0.5) is 15.9 Å². The van der Waals surface area contributed by atoms with Gasteiger partial charge in [-0.15, -0.1) is 0 Å². The Hall–Kier alpha value is -3.61. The molecule has 0 saturated heterocycles. The van der Waals surface area contributed by atoms with Crippen LogP contribution in [0.25, 0.3) is 0 Å². The number of rotatable bonds is 7. The highest BCUT2D eigenvalue weighted by Gasteiger charge is 2.12. The Balaban J connectivity index is 1.66. The second-order valence-electron chi connectivity index (χ2n) is 6.58. The van der Waals surface area contributed by atoms with Gasteiger partial charge >= 0.3 is 0 Å². The summed E-state index contributed by atoms with van der Waals surface area (Å²) in [6.07, 6.45) is 0.683. The van der Waals surface area contributed by atoms with Gasteiger partial charge in [-0.2, -0.15) is 0 Å². The molecule has 0 aliphatic rings. The van der Waals surface area contributed by atoms with Gasteiger partial charge in [0.25, 0.3) is 5.91 Å². The van der Waals surface area contributed by atoms with Crippen LogP contribution in [0.3, 0.4) is 0 Å². The zero-order valence-corrected chi connectivity index (χ0v) is 16.2. The Morgan fingerprint density at radius 1 is 1.03 bits per heavy atom. The van der Waals surface area contributed by atoms with Crippen LogP contribution >= 0.6 is 0 Å². The summed E-state index contributed by atoms with van der Waals surface area (Å²) in [5.74, 6) is 0.253. The van der Waals surface area contributed by atoms with Crippen LogP contribution in [0.5, 0.6) is 0 Å². The molecule has 0 spiro atoms. The maximum atomic E-state index is 13.0. The number of nitrogens with one attached hydrogen (secondary N) is 2. The highest BCUT2D eigenvalue weighted by Crippen LogP contribution is 2.14. The molecule has 0 bridgehead atoms. The van der Waals surface area contributed by atoms with Gasteiger partial charge in [-0.25, -0.2) is 14.4 Å². The number of amides is 1. The quantitative estimate of drug-likeness (QED) is 0.593. The predicted molar refractivity (Wildman–Crippen MR) is 110 cm³/mol. The molecule has 2 aromatic carbocycles.